The van der Waals surface area contributed by atoms with Gasteiger partial charge in [0.15, 0.2) is 5.78 Å². The van der Waals surface area contributed by atoms with E-state index in [-0.39, 0.29) is 5.78 Å². The van der Waals surface area contributed by atoms with E-state index in [9.17, 15) is 4.79 Å². The minimum atomic E-state index is 0.0355. The van der Waals surface area contributed by atoms with Crippen LogP contribution in [0.4, 0.5) is 0 Å². The Balaban J connectivity index is 1.90. The number of methoxy groups -OCH3 is 1. The van der Waals surface area contributed by atoms with Gasteiger partial charge in [-0.25, -0.2) is 0 Å². The minimum absolute atomic E-state index is 0.0355. The lowest BCUT2D eigenvalue weighted by molar-refractivity contribution is 0.0944. The summed E-state index contributed by atoms with van der Waals surface area (Å²) >= 11 is 12.0. The molecule has 0 bridgehead atoms. The van der Waals surface area contributed by atoms with Crippen molar-refractivity contribution < 1.29 is 9.53 Å². The summed E-state index contributed by atoms with van der Waals surface area (Å²) in [5.41, 5.74) is 0.511. The fraction of sp³-hybridized carbons (Fsp3) is 0.500. The Morgan fingerprint density at radius 1 is 1.47 bits per heavy atom. The average molecular weight is 302 g/mol. The summed E-state index contributed by atoms with van der Waals surface area (Å²) in [7, 11) is 1.73. The van der Waals surface area contributed by atoms with Gasteiger partial charge in [-0.2, -0.15) is 0 Å². The van der Waals surface area contributed by atoms with Crippen LogP contribution in [-0.4, -0.2) is 43.5 Å². The Morgan fingerprint density at radius 2 is 2.26 bits per heavy atom. The molecule has 5 heteroatoms. The lowest BCUT2D eigenvalue weighted by Gasteiger charge is -2.15. The number of nitrogens with zero attached hydrogens (tertiary/aromatic N) is 1. The average Bonchev–Trinajstić information content (AvgIpc) is 2.87. The molecule has 104 valence electrons. The van der Waals surface area contributed by atoms with Crippen LogP contribution in [0.15, 0.2) is 18.2 Å². The molecule has 0 spiro atoms. The maximum atomic E-state index is 12.1. The predicted octanol–water partition coefficient (Wildman–Crippen LogP) is 3.29. The van der Waals surface area contributed by atoms with Crippen LogP contribution in [0.2, 0.25) is 10.0 Å². The zero-order valence-electron chi connectivity index (χ0n) is 10.9. The summed E-state index contributed by atoms with van der Waals surface area (Å²) in [6.07, 6.45) is 1.78. The molecule has 3 nitrogen and oxygen atoms in total. The van der Waals surface area contributed by atoms with Crippen molar-refractivity contribution in [3.63, 3.8) is 0 Å². The highest BCUT2D eigenvalue weighted by Gasteiger charge is 2.22. The molecular weight excluding hydrogens is 285 g/mol. The largest absolute Gasteiger partial charge is 0.380 e. The molecule has 1 heterocycles. The van der Waals surface area contributed by atoms with Crippen molar-refractivity contribution in [1.82, 2.24) is 4.90 Å². The number of rotatable bonds is 5. The van der Waals surface area contributed by atoms with Gasteiger partial charge >= 0.3 is 0 Å². The third-order valence-corrected chi connectivity index (χ3v) is 4.29. The van der Waals surface area contributed by atoms with Gasteiger partial charge in [-0.15, -0.1) is 0 Å². The Bertz CT molecular complexity index is 465. The second-order valence-corrected chi connectivity index (χ2v) is 5.51. The number of likely N-dealkylation sites (tertiary alicyclic amines) is 1. The number of Topliss-reactive ketones (excluding diaryl/α,β-unsaturated/α-hetero) is 1. The SMILES string of the molecule is COC1CCN(CCC(=O)c2cccc(Cl)c2Cl)C1. The molecule has 2 rings (SSSR count). The van der Waals surface area contributed by atoms with Gasteiger partial charge in [-0.1, -0.05) is 29.3 Å². The first kappa shape index (κ1) is 14.8. The Labute approximate surface area is 123 Å². The van der Waals surface area contributed by atoms with Crippen LogP contribution in [0.1, 0.15) is 23.2 Å². The Kier molecular flexibility index (Phi) is 5.22. The van der Waals surface area contributed by atoms with Crippen molar-refractivity contribution in [2.75, 3.05) is 26.7 Å². The molecule has 0 N–H and O–H groups in total. The standard InChI is InChI=1S/C14H17Cl2NO2/c1-19-10-5-7-17(9-10)8-6-13(18)11-3-2-4-12(15)14(11)16/h2-4,10H,5-9H2,1H3. The number of hydrogen-bond donors (Lipinski definition) is 0. The molecule has 0 amide bonds. The molecule has 1 aromatic rings. The molecule has 0 saturated carbocycles. The molecule has 1 atom stereocenters. The maximum Gasteiger partial charge on any atom is 0.165 e. The molecule has 1 unspecified atom stereocenters. The molecule has 1 aromatic carbocycles. The molecule has 1 aliphatic rings. The van der Waals surface area contributed by atoms with E-state index >= 15 is 0 Å². The fourth-order valence-corrected chi connectivity index (χ4v) is 2.71. The minimum Gasteiger partial charge on any atom is -0.380 e. The lowest BCUT2D eigenvalue weighted by Crippen LogP contribution is -2.25. The predicted molar refractivity (Wildman–Crippen MR) is 77.3 cm³/mol. The van der Waals surface area contributed by atoms with Crippen LogP contribution < -0.4 is 0 Å². The molecule has 0 aliphatic carbocycles. The van der Waals surface area contributed by atoms with Crippen LogP contribution >= 0.6 is 23.2 Å². The van der Waals surface area contributed by atoms with Crippen LogP contribution in [0, 0.1) is 0 Å². The number of carbonyl (C=O) groups is 1. The molecule has 19 heavy (non-hydrogen) atoms. The monoisotopic (exact) mass is 301 g/mol. The Morgan fingerprint density at radius 3 is 2.95 bits per heavy atom. The molecule has 0 aromatic heterocycles. The summed E-state index contributed by atoms with van der Waals surface area (Å²) in [6, 6.07) is 5.15. The number of halogens is 2. The first-order valence-electron chi connectivity index (χ1n) is 6.34. The van der Waals surface area contributed by atoms with Crippen molar-refractivity contribution in [2.24, 2.45) is 0 Å². The number of ether oxygens (including phenoxy) is 1. The van der Waals surface area contributed by atoms with Crippen molar-refractivity contribution >= 4 is 29.0 Å². The van der Waals surface area contributed by atoms with Gasteiger partial charge in [-0.3, -0.25) is 4.79 Å². The van der Waals surface area contributed by atoms with E-state index in [1.165, 1.54) is 0 Å². The van der Waals surface area contributed by atoms with Crippen LogP contribution in [0.5, 0.6) is 0 Å². The quantitative estimate of drug-likeness (QED) is 0.782. The van der Waals surface area contributed by atoms with Crippen LogP contribution in [0.25, 0.3) is 0 Å². The third-order valence-electron chi connectivity index (χ3n) is 3.47. The Hall–Kier alpha value is -0.610. The van der Waals surface area contributed by atoms with E-state index in [2.05, 4.69) is 4.90 Å². The lowest BCUT2D eigenvalue weighted by atomic mass is 10.1. The molecule has 0 radical (unpaired) electrons. The second-order valence-electron chi connectivity index (χ2n) is 4.72. The molecule has 1 saturated heterocycles. The zero-order chi connectivity index (χ0) is 13.8. The van der Waals surface area contributed by atoms with Gasteiger partial charge in [0, 0.05) is 38.7 Å². The van der Waals surface area contributed by atoms with Crippen molar-refractivity contribution in [2.45, 2.75) is 18.9 Å². The van der Waals surface area contributed by atoms with E-state index in [1.807, 2.05) is 0 Å². The third kappa shape index (κ3) is 3.69. The van der Waals surface area contributed by atoms with Gasteiger partial charge < -0.3 is 9.64 Å². The number of benzene rings is 1. The van der Waals surface area contributed by atoms with E-state index in [4.69, 9.17) is 27.9 Å². The fourth-order valence-electron chi connectivity index (χ4n) is 2.31. The van der Waals surface area contributed by atoms with E-state index in [0.717, 1.165) is 26.1 Å². The zero-order valence-corrected chi connectivity index (χ0v) is 12.4. The summed E-state index contributed by atoms with van der Waals surface area (Å²) in [4.78, 5) is 14.4. The van der Waals surface area contributed by atoms with Crippen LogP contribution in [-0.2, 0) is 4.74 Å². The summed E-state index contributed by atoms with van der Waals surface area (Å²) < 4.78 is 5.30. The summed E-state index contributed by atoms with van der Waals surface area (Å²) in [6.45, 7) is 2.61. The number of ketones is 1. The van der Waals surface area contributed by atoms with Gasteiger partial charge in [0.05, 0.1) is 16.1 Å². The molecule has 1 fully saturated rings. The normalized spacial score (nSPS) is 19.8. The van der Waals surface area contributed by atoms with Crippen molar-refractivity contribution in [3.8, 4) is 0 Å². The van der Waals surface area contributed by atoms with Gasteiger partial charge in [0.25, 0.3) is 0 Å². The van der Waals surface area contributed by atoms with Gasteiger partial charge in [0.1, 0.15) is 0 Å². The smallest absolute Gasteiger partial charge is 0.165 e. The second kappa shape index (κ2) is 6.71. The molecule has 1 aliphatic heterocycles. The summed E-state index contributed by atoms with van der Waals surface area (Å²) in [5.74, 6) is 0.0355. The van der Waals surface area contributed by atoms with Gasteiger partial charge in [0.2, 0.25) is 0 Å². The van der Waals surface area contributed by atoms with E-state index in [1.54, 1.807) is 25.3 Å². The first-order chi connectivity index (χ1) is 9.11. The number of hydrogen-bond acceptors (Lipinski definition) is 3. The van der Waals surface area contributed by atoms with Gasteiger partial charge in [-0.05, 0) is 18.6 Å². The highest BCUT2D eigenvalue weighted by molar-refractivity contribution is 6.43. The highest BCUT2D eigenvalue weighted by atomic mass is 35.5. The van der Waals surface area contributed by atoms with E-state index in [0.29, 0.717) is 28.1 Å². The van der Waals surface area contributed by atoms with Crippen LogP contribution in [0.3, 0.4) is 0 Å². The molecular formula is C14H17Cl2NO2. The first-order valence-corrected chi connectivity index (χ1v) is 7.09. The van der Waals surface area contributed by atoms with Crippen molar-refractivity contribution in [1.29, 1.82) is 0 Å². The van der Waals surface area contributed by atoms with E-state index < -0.39 is 0 Å². The summed E-state index contributed by atoms with van der Waals surface area (Å²) in [5, 5.41) is 0.776. The van der Waals surface area contributed by atoms with Crippen molar-refractivity contribution in [3.05, 3.63) is 33.8 Å². The maximum absolute atomic E-state index is 12.1. The highest BCUT2D eigenvalue weighted by Crippen LogP contribution is 2.26. The topological polar surface area (TPSA) is 29.5 Å². The number of carbonyl (C=O) groups excluding carboxylic acids is 1.